The SMILES string of the molecule is CCCCCC/C=C/CCCCCCCCCC(=O)OC[C@H](COP(=O)(O)OCCN)OC(=O)CCC/C=C/C/C=C/CCCCCCCCCCC. The molecule has 3 N–H and O–H groups in total. The van der Waals surface area contributed by atoms with E-state index >= 15 is 0 Å². The highest BCUT2D eigenvalue weighted by molar-refractivity contribution is 7.47. The molecule has 1 unspecified atom stereocenters. The van der Waals surface area contributed by atoms with Gasteiger partial charge in [-0.3, -0.25) is 18.6 Å². The largest absolute Gasteiger partial charge is 0.472 e. The molecule has 0 aromatic rings. The van der Waals surface area contributed by atoms with Crippen molar-refractivity contribution in [2.24, 2.45) is 5.73 Å². The van der Waals surface area contributed by atoms with Crippen LogP contribution >= 0.6 is 7.82 Å². The average molecular weight is 770 g/mol. The number of rotatable bonds is 40. The Morgan fingerprint density at radius 3 is 1.53 bits per heavy atom. The Morgan fingerprint density at radius 2 is 1.00 bits per heavy atom. The van der Waals surface area contributed by atoms with Crippen LogP contribution in [0.2, 0.25) is 0 Å². The molecule has 0 radical (unpaired) electrons. The van der Waals surface area contributed by atoms with Crippen molar-refractivity contribution in [1.82, 2.24) is 0 Å². The topological polar surface area (TPSA) is 134 Å². The van der Waals surface area contributed by atoms with Crippen molar-refractivity contribution in [3.8, 4) is 0 Å². The molecule has 0 spiro atoms. The van der Waals surface area contributed by atoms with Crippen LogP contribution in [0.4, 0.5) is 0 Å². The van der Waals surface area contributed by atoms with Crippen LogP contribution < -0.4 is 5.73 Å². The molecule has 0 fully saturated rings. The first kappa shape index (κ1) is 51.2. The summed E-state index contributed by atoms with van der Waals surface area (Å²) in [7, 11) is -4.39. The van der Waals surface area contributed by atoms with Crippen LogP contribution in [0.15, 0.2) is 36.5 Å². The van der Waals surface area contributed by atoms with Crippen molar-refractivity contribution >= 4 is 19.8 Å². The molecule has 0 aromatic carbocycles. The van der Waals surface area contributed by atoms with Crippen molar-refractivity contribution in [2.45, 2.75) is 200 Å². The van der Waals surface area contributed by atoms with Gasteiger partial charge in [0.05, 0.1) is 13.2 Å². The van der Waals surface area contributed by atoms with Crippen molar-refractivity contribution in [1.29, 1.82) is 0 Å². The van der Waals surface area contributed by atoms with Gasteiger partial charge in [0.1, 0.15) is 6.61 Å². The molecule has 0 rings (SSSR count). The average Bonchev–Trinajstić information content (AvgIpc) is 3.14. The number of unbranched alkanes of at least 4 members (excludes halogenated alkanes) is 21. The monoisotopic (exact) mass is 770 g/mol. The van der Waals surface area contributed by atoms with Crippen LogP contribution in [0.1, 0.15) is 194 Å². The van der Waals surface area contributed by atoms with E-state index in [0.717, 1.165) is 51.4 Å². The lowest BCUT2D eigenvalue weighted by atomic mass is 10.1. The van der Waals surface area contributed by atoms with E-state index in [2.05, 4.69) is 50.3 Å². The van der Waals surface area contributed by atoms with Gasteiger partial charge in [-0.25, -0.2) is 4.57 Å². The van der Waals surface area contributed by atoms with Gasteiger partial charge >= 0.3 is 19.8 Å². The second-order valence-electron chi connectivity index (χ2n) is 14.2. The molecule has 0 aliphatic carbocycles. The van der Waals surface area contributed by atoms with E-state index in [1.54, 1.807) is 0 Å². The molecule has 2 atom stereocenters. The first-order chi connectivity index (χ1) is 25.8. The van der Waals surface area contributed by atoms with Gasteiger partial charge in [0.15, 0.2) is 6.10 Å². The second kappa shape index (κ2) is 39.9. The van der Waals surface area contributed by atoms with Gasteiger partial charge in [-0.15, -0.1) is 0 Å². The predicted molar refractivity (Wildman–Crippen MR) is 220 cm³/mol. The first-order valence-electron chi connectivity index (χ1n) is 21.5. The van der Waals surface area contributed by atoms with Crippen LogP contribution in [0.3, 0.4) is 0 Å². The molecule has 0 heterocycles. The summed E-state index contributed by atoms with van der Waals surface area (Å²) < 4.78 is 32.7. The summed E-state index contributed by atoms with van der Waals surface area (Å²) in [6, 6.07) is 0. The lowest BCUT2D eigenvalue weighted by Crippen LogP contribution is -2.29. The fourth-order valence-electron chi connectivity index (χ4n) is 5.79. The molecule has 310 valence electrons. The molecule has 0 amide bonds. The molecule has 0 aliphatic heterocycles. The molecular weight excluding hydrogens is 689 g/mol. The zero-order valence-electron chi connectivity index (χ0n) is 34.0. The number of carbonyl (C=O) groups excluding carboxylic acids is 2. The highest BCUT2D eigenvalue weighted by Crippen LogP contribution is 2.43. The number of esters is 2. The van der Waals surface area contributed by atoms with Crippen LogP contribution in [0.5, 0.6) is 0 Å². The van der Waals surface area contributed by atoms with Gasteiger partial charge in [0, 0.05) is 19.4 Å². The zero-order valence-corrected chi connectivity index (χ0v) is 34.9. The Morgan fingerprint density at radius 1 is 0.566 bits per heavy atom. The molecular formula is C43H80NO8P. The Balaban J connectivity index is 4.23. The predicted octanol–water partition coefficient (Wildman–Crippen LogP) is 12.2. The molecule has 9 nitrogen and oxygen atoms in total. The first-order valence-corrected chi connectivity index (χ1v) is 23.0. The van der Waals surface area contributed by atoms with Gasteiger partial charge in [-0.2, -0.15) is 0 Å². The summed E-state index contributed by atoms with van der Waals surface area (Å²) in [6.07, 6.45) is 43.2. The summed E-state index contributed by atoms with van der Waals surface area (Å²) in [5.74, 6) is -0.885. The number of allylic oxidation sites excluding steroid dienone is 6. The van der Waals surface area contributed by atoms with Crippen molar-refractivity contribution < 1.29 is 37.6 Å². The number of hydrogen-bond donors (Lipinski definition) is 2. The maximum Gasteiger partial charge on any atom is 0.472 e. The number of ether oxygens (including phenoxy) is 2. The highest BCUT2D eigenvalue weighted by atomic mass is 31.2. The Hall–Kier alpha value is -1.77. The van der Waals surface area contributed by atoms with Gasteiger partial charge in [0.25, 0.3) is 0 Å². The van der Waals surface area contributed by atoms with Crippen LogP contribution in [0.25, 0.3) is 0 Å². The van der Waals surface area contributed by atoms with Gasteiger partial charge in [0.2, 0.25) is 0 Å². The molecule has 10 heteroatoms. The van der Waals surface area contributed by atoms with Crippen LogP contribution in [0, 0.1) is 0 Å². The van der Waals surface area contributed by atoms with Crippen molar-refractivity contribution in [3.63, 3.8) is 0 Å². The van der Waals surface area contributed by atoms with E-state index in [1.165, 1.54) is 109 Å². The normalized spacial score (nSPS) is 13.7. The fraction of sp³-hybridized carbons (Fsp3) is 0.814. The quantitative estimate of drug-likeness (QED) is 0.0270. The molecule has 0 saturated heterocycles. The Kier molecular flexibility index (Phi) is 38.6. The molecule has 0 bridgehead atoms. The highest BCUT2D eigenvalue weighted by Gasteiger charge is 2.25. The minimum Gasteiger partial charge on any atom is -0.462 e. The molecule has 0 saturated carbocycles. The van der Waals surface area contributed by atoms with Gasteiger partial charge < -0.3 is 20.1 Å². The van der Waals surface area contributed by atoms with Crippen LogP contribution in [-0.4, -0.2) is 49.3 Å². The third-order valence-corrected chi connectivity index (χ3v) is 9.98. The summed E-state index contributed by atoms with van der Waals surface area (Å²) in [4.78, 5) is 34.8. The number of phosphoric ester groups is 1. The smallest absolute Gasteiger partial charge is 0.462 e. The van der Waals surface area contributed by atoms with E-state index in [0.29, 0.717) is 6.42 Å². The third kappa shape index (κ3) is 39.7. The molecule has 0 aromatic heterocycles. The van der Waals surface area contributed by atoms with E-state index < -0.39 is 32.5 Å². The van der Waals surface area contributed by atoms with Gasteiger partial charge in [-0.05, 0) is 64.2 Å². The van der Waals surface area contributed by atoms with Crippen LogP contribution in [-0.2, 0) is 32.7 Å². The van der Waals surface area contributed by atoms with Gasteiger partial charge in [-0.1, -0.05) is 153 Å². The third-order valence-electron chi connectivity index (χ3n) is 9.00. The van der Waals surface area contributed by atoms with E-state index in [1.807, 2.05) is 0 Å². The fourth-order valence-corrected chi connectivity index (χ4v) is 6.55. The Labute approximate surface area is 324 Å². The van der Waals surface area contributed by atoms with Crippen molar-refractivity contribution in [3.05, 3.63) is 36.5 Å². The number of phosphoric acid groups is 1. The Bertz CT molecular complexity index is 970. The molecule has 0 aliphatic rings. The van der Waals surface area contributed by atoms with Crippen molar-refractivity contribution in [2.75, 3.05) is 26.4 Å². The summed E-state index contributed by atoms with van der Waals surface area (Å²) in [5.41, 5.74) is 5.34. The maximum atomic E-state index is 12.5. The van der Waals surface area contributed by atoms with E-state index in [-0.39, 0.29) is 32.6 Å². The maximum absolute atomic E-state index is 12.5. The zero-order chi connectivity index (χ0) is 38.9. The number of carbonyl (C=O) groups is 2. The minimum atomic E-state index is -4.39. The second-order valence-corrected chi connectivity index (χ2v) is 15.7. The minimum absolute atomic E-state index is 0.0466. The van der Waals surface area contributed by atoms with E-state index in [9.17, 15) is 19.0 Å². The lowest BCUT2D eigenvalue weighted by molar-refractivity contribution is -0.161. The number of nitrogens with two attached hydrogens (primary N) is 1. The standard InChI is InChI=1S/C43H80NO8P/c1-3-5-7-9-11-13-15-17-19-20-22-24-26-28-30-32-34-36-43(46)52-41(40-51-53(47,48)50-38-37-44)39-49-42(45)35-33-31-29-27-25-23-21-18-16-14-12-10-8-6-4-2/h14,16,22,24,28,30,41H,3-13,15,17-21,23,25-27,29,31-40,44H2,1-2H3,(H,47,48)/b16-14+,24-22+,30-28+/t41-/m1/s1. The lowest BCUT2D eigenvalue weighted by Gasteiger charge is -2.19. The molecule has 53 heavy (non-hydrogen) atoms. The van der Waals surface area contributed by atoms with E-state index in [4.69, 9.17) is 24.3 Å². The summed E-state index contributed by atoms with van der Waals surface area (Å²) in [6.45, 7) is 3.67. The number of hydrogen-bond acceptors (Lipinski definition) is 8. The summed E-state index contributed by atoms with van der Waals surface area (Å²) in [5, 5.41) is 0. The summed E-state index contributed by atoms with van der Waals surface area (Å²) >= 11 is 0.